The lowest BCUT2D eigenvalue weighted by molar-refractivity contribution is 0.112. The molecule has 4 nitrogen and oxygen atoms in total. The third-order valence-corrected chi connectivity index (χ3v) is 3.55. The van der Waals surface area contributed by atoms with Crippen molar-refractivity contribution in [3.05, 3.63) is 29.3 Å². The van der Waals surface area contributed by atoms with E-state index in [4.69, 9.17) is 4.74 Å². The van der Waals surface area contributed by atoms with Crippen LogP contribution in [0.4, 0.5) is 10.5 Å². The molecular formula is C15H22N2O2. The molecule has 1 amide bonds. The molecule has 104 valence electrons. The van der Waals surface area contributed by atoms with Crippen LogP contribution in [0.15, 0.2) is 18.2 Å². The van der Waals surface area contributed by atoms with Crippen LogP contribution in [0.2, 0.25) is 0 Å². The Morgan fingerprint density at radius 1 is 1.42 bits per heavy atom. The van der Waals surface area contributed by atoms with Crippen molar-refractivity contribution in [3.63, 3.8) is 0 Å². The van der Waals surface area contributed by atoms with Crippen LogP contribution >= 0.6 is 0 Å². The predicted molar refractivity (Wildman–Crippen MR) is 76.6 cm³/mol. The fourth-order valence-corrected chi connectivity index (χ4v) is 2.48. The summed E-state index contributed by atoms with van der Waals surface area (Å²) in [5, 5.41) is 3.14. The molecule has 1 unspecified atom stereocenters. The van der Waals surface area contributed by atoms with E-state index in [0.717, 1.165) is 30.8 Å². The van der Waals surface area contributed by atoms with E-state index in [1.807, 2.05) is 26.1 Å². The van der Waals surface area contributed by atoms with Gasteiger partial charge in [0.15, 0.2) is 0 Å². The minimum absolute atomic E-state index is 0.229. The van der Waals surface area contributed by atoms with E-state index in [-0.39, 0.29) is 6.09 Å². The van der Waals surface area contributed by atoms with Gasteiger partial charge in [-0.25, -0.2) is 4.79 Å². The number of ether oxygens (including phenoxy) is 1. The fourth-order valence-electron chi connectivity index (χ4n) is 2.48. The topological polar surface area (TPSA) is 41.6 Å². The summed E-state index contributed by atoms with van der Waals surface area (Å²) in [5.74, 6) is 0.394. The van der Waals surface area contributed by atoms with Crippen molar-refractivity contribution < 1.29 is 9.53 Å². The van der Waals surface area contributed by atoms with Crippen LogP contribution in [0.1, 0.15) is 17.5 Å². The zero-order chi connectivity index (χ0) is 13.8. The van der Waals surface area contributed by atoms with Crippen molar-refractivity contribution in [2.24, 2.45) is 5.92 Å². The number of rotatable bonds is 4. The SMILES string of the molecule is CNCCC1COC(=O)N(c2ccc(C)cc2C)C1. The average molecular weight is 262 g/mol. The molecule has 0 aromatic heterocycles. The number of nitrogens with one attached hydrogen (secondary N) is 1. The first-order valence-electron chi connectivity index (χ1n) is 6.78. The van der Waals surface area contributed by atoms with Gasteiger partial charge in [0.1, 0.15) is 0 Å². The average Bonchev–Trinajstić information content (AvgIpc) is 2.38. The molecule has 1 aliphatic heterocycles. The Morgan fingerprint density at radius 3 is 2.89 bits per heavy atom. The predicted octanol–water partition coefficient (Wildman–Crippen LogP) is 2.49. The summed E-state index contributed by atoms with van der Waals surface area (Å²) in [4.78, 5) is 13.7. The molecule has 1 atom stereocenters. The number of hydrogen-bond donors (Lipinski definition) is 1. The smallest absolute Gasteiger partial charge is 0.414 e. The van der Waals surface area contributed by atoms with E-state index in [0.29, 0.717) is 12.5 Å². The van der Waals surface area contributed by atoms with E-state index >= 15 is 0 Å². The maximum absolute atomic E-state index is 11.9. The summed E-state index contributed by atoms with van der Waals surface area (Å²) in [5.41, 5.74) is 3.29. The van der Waals surface area contributed by atoms with E-state index in [9.17, 15) is 4.79 Å². The summed E-state index contributed by atoms with van der Waals surface area (Å²) in [7, 11) is 1.94. The molecule has 0 radical (unpaired) electrons. The summed E-state index contributed by atoms with van der Waals surface area (Å²) in [6.07, 6.45) is 0.790. The number of nitrogens with zero attached hydrogens (tertiary/aromatic N) is 1. The minimum atomic E-state index is -0.229. The third-order valence-electron chi connectivity index (χ3n) is 3.55. The van der Waals surface area contributed by atoms with Gasteiger partial charge in [0.2, 0.25) is 0 Å². The third kappa shape index (κ3) is 3.26. The zero-order valence-corrected chi connectivity index (χ0v) is 11.9. The number of carbonyl (C=O) groups excluding carboxylic acids is 1. The summed E-state index contributed by atoms with van der Waals surface area (Å²) < 4.78 is 5.30. The van der Waals surface area contributed by atoms with E-state index in [1.54, 1.807) is 4.90 Å². The Labute approximate surface area is 114 Å². The summed E-state index contributed by atoms with van der Waals surface area (Å²) >= 11 is 0. The number of amides is 1. The second-order valence-corrected chi connectivity index (χ2v) is 5.24. The van der Waals surface area contributed by atoms with Gasteiger partial charge in [0.05, 0.1) is 6.61 Å². The number of carbonyl (C=O) groups is 1. The number of benzene rings is 1. The fraction of sp³-hybridized carbons (Fsp3) is 0.533. The van der Waals surface area contributed by atoms with E-state index < -0.39 is 0 Å². The molecular weight excluding hydrogens is 240 g/mol. The Hall–Kier alpha value is -1.55. The van der Waals surface area contributed by atoms with Gasteiger partial charge >= 0.3 is 6.09 Å². The molecule has 1 aromatic rings. The van der Waals surface area contributed by atoms with Crippen molar-refractivity contribution >= 4 is 11.8 Å². The molecule has 1 aromatic carbocycles. The lowest BCUT2D eigenvalue weighted by Gasteiger charge is -2.33. The summed E-state index contributed by atoms with van der Waals surface area (Å²) in [6, 6.07) is 6.14. The second kappa shape index (κ2) is 6.06. The van der Waals surface area contributed by atoms with Gasteiger partial charge in [-0.2, -0.15) is 0 Å². The largest absolute Gasteiger partial charge is 0.449 e. The Morgan fingerprint density at radius 2 is 2.21 bits per heavy atom. The van der Waals surface area contributed by atoms with Gasteiger partial charge in [-0.15, -0.1) is 0 Å². The number of cyclic esters (lactones) is 1. The normalized spacial score (nSPS) is 19.4. The van der Waals surface area contributed by atoms with Crippen LogP contribution in [0.25, 0.3) is 0 Å². The lowest BCUT2D eigenvalue weighted by atomic mass is 10.0. The number of hydrogen-bond acceptors (Lipinski definition) is 3. The molecule has 4 heteroatoms. The molecule has 0 saturated carbocycles. The second-order valence-electron chi connectivity index (χ2n) is 5.24. The molecule has 1 N–H and O–H groups in total. The van der Waals surface area contributed by atoms with Crippen molar-refractivity contribution in [1.29, 1.82) is 0 Å². The van der Waals surface area contributed by atoms with Crippen LogP contribution in [-0.4, -0.2) is 32.8 Å². The maximum Gasteiger partial charge on any atom is 0.414 e. The highest BCUT2D eigenvalue weighted by Crippen LogP contribution is 2.26. The molecule has 1 heterocycles. The van der Waals surface area contributed by atoms with Crippen LogP contribution in [0.5, 0.6) is 0 Å². The first-order chi connectivity index (χ1) is 9.11. The van der Waals surface area contributed by atoms with Crippen LogP contribution in [0.3, 0.4) is 0 Å². The van der Waals surface area contributed by atoms with Crippen LogP contribution < -0.4 is 10.2 Å². The van der Waals surface area contributed by atoms with Gasteiger partial charge in [-0.1, -0.05) is 17.7 Å². The minimum Gasteiger partial charge on any atom is -0.449 e. The lowest BCUT2D eigenvalue weighted by Crippen LogP contribution is -2.44. The van der Waals surface area contributed by atoms with Gasteiger partial charge in [-0.05, 0) is 45.5 Å². The van der Waals surface area contributed by atoms with Gasteiger partial charge < -0.3 is 10.1 Å². The van der Waals surface area contributed by atoms with Crippen molar-refractivity contribution in [2.45, 2.75) is 20.3 Å². The summed E-state index contributed by atoms with van der Waals surface area (Å²) in [6.45, 7) is 6.31. The quantitative estimate of drug-likeness (QED) is 0.906. The number of anilines is 1. The molecule has 0 bridgehead atoms. The van der Waals surface area contributed by atoms with Gasteiger partial charge in [0, 0.05) is 18.2 Å². The zero-order valence-electron chi connectivity index (χ0n) is 11.9. The van der Waals surface area contributed by atoms with Gasteiger partial charge in [0.25, 0.3) is 0 Å². The Balaban J connectivity index is 2.14. The first-order valence-corrected chi connectivity index (χ1v) is 6.78. The highest BCUT2D eigenvalue weighted by molar-refractivity contribution is 5.89. The highest BCUT2D eigenvalue weighted by atomic mass is 16.6. The van der Waals surface area contributed by atoms with Crippen LogP contribution in [0, 0.1) is 19.8 Å². The molecule has 2 rings (SSSR count). The van der Waals surface area contributed by atoms with E-state index in [2.05, 4.69) is 18.3 Å². The standard InChI is InChI=1S/C15H22N2O2/c1-11-4-5-14(12(2)8-11)17-9-13(6-7-16-3)10-19-15(17)18/h4-5,8,13,16H,6-7,9-10H2,1-3H3. The monoisotopic (exact) mass is 262 g/mol. The molecule has 1 saturated heterocycles. The first kappa shape index (κ1) is 13.9. The van der Waals surface area contributed by atoms with Crippen molar-refractivity contribution in [3.8, 4) is 0 Å². The van der Waals surface area contributed by atoms with Crippen molar-refractivity contribution in [2.75, 3.05) is 31.6 Å². The molecule has 19 heavy (non-hydrogen) atoms. The highest BCUT2D eigenvalue weighted by Gasteiger charge is 2.28. The van der Waals surface area contributed by atoms with Gasteiger partial charge in [-0.3, -0.25) is 4.90 Å². The van der Waals surface area contributed by atoms with E-state index in [1.165, 1.54) is 5.56 Å². The molecule has 0 aliphatic carbocycles. The number of aryl methyl sites for hydroxylation is 2. The molecule has 0 spiro atoms. The van der Waals surface area contributed by atoms with Crippen molar-refractivity contribution in [1.82, 2.24) is 5.32 Å². The Bertz CT molecular complexity index is 459. The Kier molecular flexibility index (Phi) is 4.43. The molecule has 1 fully saturated rings. The maximum atomic E-state index is 11.9. The van der Waals surface area contributed by atoms with Crippen LogP contribution in [-0.2, 0) is 4.74 Å². The molecule has 1 aliphatic rings.